The zero-order chi connectivity index (χ0) is 47.8. The molecule has 17 nitrogen and oxygen atoms in total. The number of rotatable bonds is 14. The third-order valence-electron chi connectivity index (χ3n) is 15.2. The number of anilines is 1. The first kappa shape index (κ1) is 49.9. The Hall–Kier alpha value is -4.55. The molecule has 8 rings (SSSR count). The Morgan fingerprint density at radius 3 is 2.16 bits per heavy atom. The van der Waals surface area contributed by atoms with Crippen molar-refractivity contribution in [1.82, 2.24) is 50.1 Å². The Labute approximate surface area is 407 Å². The molecule has 1 aliphatic carbocycles. The summed E-state index contributed by atoms with van der Waals surface area (Å²) in [7, 11) is 0. The second-order valence-electron chi connectivity index (χ2n) is 21.0. The number of fused-ring (bicyclic) bond motifs is 1. The van der Waals surface area contributed by atoms with E-state index in [1.54, 1.807) is 20.8 Å². The van der Waals surface area contributed by atoms with Crippen LogP contribution in [0.25, 0.3) is 11.0 Å². The van der Waals surface area contributed by atoms with Crippen molar-refractivity contribution >= 4 is 52.3 Å². The van der Waals surface area contributed by atoms with Gasteiger partial charge in [-0.3, -0.25) is 29.1 Å². The number of H-pyrrole nitrogens is 1. The van der Waals surface area contributed by atoms with Gasteiger partial charge in [-0.2, -0.15) is 0 Å². The highest BCUT2D eigenvalue weighted by atomic mass is 35.5. The predicted molar refractivity (Wildman–Crippen MR) is 264 cm³/mol. The Bertz CT molecular complexity index is 2150. The van der Waals surface area contributed by atoms with Crippen molar-refractivity contribution in [2.75, 3.05) is 103 Å². The second kappa shape index (κ2) is 22.5. The monoisotopic (exact) mass is 959 g/mol. The second-order valence-corrected chi connectivity index (χ2v) is 21.4. The number of aromatic nitrogens is 3. The molecule has 372 valence electrons. The number of nitrogens with two attached hydrogens (primary N) is 1. The fourth-order valence-electron chi connectivity index (χ4n) is 11.0. The number of hydrogen-bond acceptors (Lipinski definition) is 12. The molecule has 0 radical (unpaired) electrons. The number of likely N-dealkylation sites (tertiary alicyclic amines) is 1. The number of ether oxygens (including phenoxy) is 1. The maximum absolute atomic E-state index is 14.7. The molecule has 6 heterocycles. The van der Waals surface area contributed by atoms with Crippen LogP contribution in [0.5, 0.6) is 0 Å². The Balaban J connectivity index is 0.796. The zero-order valence-electron chi connectivity index (χ0n) is 40.6. The first-order valence-corrected chi connectivity index (χ1v) is 25.7. The summed E-state index contributed by atoms with van der Waals surface area (Å²) in [6.45, 7) is 16.6. The summed E-state index contributed by atoms with van der Waals surface area (Å²) in [6.07, 6.45) is 12.0. The lowest BCUT2D eigenvalue weighted by atomic mass is 9.83. The summed E-state index contributed by atoms with van der Waals surface area (Å²) in [4.78, 5) is 80.2. The first-order chi connectivity index (χ1) is 32.7. The van der Waals surface area contributed by atoms with E-state index < -0.39 is 17.2 Å². The summed E-state index contributed by atoms with van der Waals surface area (Å²) >= 11 is 6.33. The van der Waals surface area contributed by atoms with Gasteiger partial charge in [0.2, 0.25) is 17.7 Å². The number of nitrogens with one attached hydrogen (secondary N) is 3. The van der Waals surface area contributed by atoms with Crippen molar-refractivity contribution in [3.63, 3.8) is 0 Å². The number of amides is 4. The quantitative estimate of drug-likeness (QED) is 0.176. The van der Waals surface area contributed by atoms with Gasteiger partial charge in [-0.1, -0.05) is 43.0 Å². The number of hydrogen-bond donors (Lipinski definition) is 4. The minimum atomic E-state index is -1.23. The van der Waals surface area contributed by atoms with Crippen molar-refractivity contribution < 1.29 is 23.9 Å². The van der Waals surface area contributed by atoms with E-state index in [1.807, 2.05) is 46.3 Å². The van der Waals surface area contributed by atoms with Gasteiger partial charge in [0.05, 0.1) is 24.0 Å². The van der Waals surface area contributed by atoms with Crippen LogP contribution in [0.15, 0.2) is 42.9 Å². The summed E-state index contributed by atoms with van der Waals surface area (Å²) in [6, 6.07) is 8.80. The van der Waals surface area contributed by atoms with Gasteiger partial charge in [0, 0.05) is 89.8 Å². The average Bonchev–Trinajstić information content (AvgIpc) is 3.83. The largest absolute Gasteiger partial charge is 0.444 e. The van der Waals surface area contributed by atoms with Crippen molar-refractivity contribution in [3.8, 4) is 0 Å². The highest BCUT2D eigenvalue weighted by Crippen LogP contribution is 2.32. The first-order valence-electron chi connectivity index (χ1n) is 25.3. The molecule has 4 amide bonds. The van der Waals surface area contributed by atoms with Crippen LogP contribution in [0.4, 0.5) is 10.6 Å². The van der Waals surface area contributed by atoms with Crippen LogP contribution in [0.1, 0.15) is 96.6 Å². The summed E-state index contributed by atoms with van der Waals surface area (Å²) in [5, 5.41) is 7.87. The summed E-state index contributed by atoms with van der Waals surface area (Å²) < 4.78 is 5.69. The number of alkyl carbamates (subject to hydrolysis) is 1. The zero-order valence-corrected chi connectivity index (χ0v) is 41.4. The molecule has 5 aliphatic rings. The molecular formula is C50H75ClN12O5. The third kappa shape index (κ3) is 12.8. The normalized spacial score (nSPS) is 21.6. The molecule has 4 aliphatic heterocycles. The van der Waals surface area contributed by atoms with Crippen LogP contribution < -0.4 is 21.3 Å². The molecule has 18 heteroatoms. The lowest BCUT2D eigenvalue weighted by molar-refractivity contribution is -0.136. The molecule has 4 saturated heterocycles. The van der Waals surface area contributed by atoms with Crippen molar-refractivity contribution in [3.05, 3.63) is 53.4 Å². The van der Waals surface area contributed by atoms with Crippen LogP contribution in [0.3, 0.4) is 0 Å². The van der Waals surface area contributed by atoms with Crippen LogP contribution in [-0.2, 0) is 19.1 Å². The molecule has 1 aromatic carbocycles. The molecule has 2 aromatic heterocycles. The minimum Gasteiger partial charge on any atom is -0.444 e. The van der Waals surface area contributed by atoms with Gasteiger partial charge in [-0.25, -0.2) is 14.8 Å². The third-order valence-corrected chi connectivity index (χ3v) is 15.4. The van der Waals surface area contributed by atoms with E-state index in [4.69, 9.17) is 22.1 Å². The van der Waals surface area contributed by atoms with Gasteiger partial charge in [0.15, 0.2) is 0 Å². The number of halogens is 1. The molecule has 0 unspecified atom stereocenters. The smallest absolute Gasteiger partial charge is 0.408 e. The molecule has 0 bridgehead atoms. The van der Waals surface area contributed by atoms with E-state index in [0.717, 1.165) is 107 Å². The molecule has 0 spiro atoms. The number of benzene rings is 1. The number of piperazine rings is 2. The van der Waals surface area contributed by atoms with Gasteiger partial charge >= 0.3 is 6.09 Å². The van der Waals surface area contributed by atoms with E-state index in [0.29, 0.717) is 75.4 Å². The number of nitrogens with zero attached hydrogens (tertiary/aromatic N) is 8. The van der Waals surface area contributed by atoms with Gasteiger partial charge in [0.1, 0.15) is 28.9 Å². The molecule has 2 atom stereocenters. The molecule has 5 fully saturated rings. The van der Waals surface area contributed by atoms with Crippen LogP contribution in [0, 0.1) is 11.8 Å². The summed E-state index contributed by atoms with van der Waals surface area (Å²) in [5.74, 6) is 1.79. The minimum absolute atomic E-state index is 0.145. The highest BCUT2D eigenvalue weighted by molar-refractivity contribution is 6.30. The highest BCUT2D eigenvalue weighted by Gasteiger charge is 2.45. The van der Waals surface area contributed by atoms with E-state index >= 15 is 0 Å². The lowest BCUT2D eigenvalue weighted by Gasteiger charge is -2.42. The summed E-state index contributed by atoms with van der Waals surface area (Å²) in [5.41, 5.74) is 6.16. The van der Waals surface area contributed by atoms with Crippen molar-refractivity contribution in [2.45, 2.75) is 108 Å². The van der Waals surface area contributed by atoms with Crippen LogP contribution >= 0.6 is 11.6 Å². The molecule has 68 heavy (non-hydrogen) atoms. The number of carbonyl (C=O) groups is 4. The topological polar surface area (TPSA) is 189 Å². The van der Waals surface area contributed by atoms with Crippen LogP contribution in [-0.4, -0.2) is 179 Å². The van der Waals surface area contributed by atoms with Gasteiger partial charge in [0.25, 0.3) is 0 Å². The van der Waals surface area contributed by atoms with Crippen molar-refractivity contribution in [2.24, 2.45) is 17.6 Å². The fraction of sp³-hybridized carbons (Fsp3) is 0.680. The van der Waals surface area contributed by atoms with E-state index in [-0.39, 0.29) is 29.8 Å². The predicted octanol–water partition coefficient (Wildman–Crippen LogP) is 4.63. The SMILES string of the molecule is CC(C)(C)OC(=O)NC1(C(=O)N[C@@H](CCN2CCN(C(=O)CN3CCC(CN4CCN(C(=O)[C@H](N)C5CCCCC5)CC4)CC3)CC2)c2ccc(Cl)cc2)CCN(c2ncnc3[nH]ccc23)CC1. The van der Waals surface area contributed by atoms with E-state index in [1.165, 1.54) is 25.6 Å². The lowest BCUT2D eigenvalue weighted by Crippen LogP contribution is -2.64. The Morgan fingerprint density at radius 2 is 1.49 bits per heavy atom. The molecule has 1 saturated carbocycles. The van der Waals surface area contributed by atoms with Gasteiger partial charge in [-0.05, 0) is 114 Å². The number of piperidine rings is 2. The Morgan fingerprint density at radius 1 is 0.824 bits per heavy atom. The molecule has 5 N–H and O–H groups in total. The fourth-order valence-corrected chi connectivity index (χ4v) is 11.1. The Kier molecular flexibility index (Phi) is 16.5. The number of carbonyl (C=O) groups excluding carboxylic acids is 4. The molecular weight excluding hydrogens is 884 g/mol. The van der Waals surface area contributed by atoms with E-state index in [9.17, 15) is 19.2 Å². The van der Waals surface area contributed by atoms with Gasteiger partial charge < -0.3 is 40.8 Å². The van der Waals surface area contributed by atoms with Gasteiger partial charge in [-0.15, -0.1) is 0 Å². The average molecular weight is 960 g/mol. The maximum Gasteiger partial charge on any atom is 0.408 e. The standard InChI is InChI=1S/C50H75ClN12O5/c1-49(2,3)68-48(67)57-50(17-23-62(24-18-50)45-40-13-19-53-44(40)54-35-55-45)47(66)56-41(37-9-11-39(51)12-10-37)16-22-58-25-29-61(30-26-58)42(64)34-59-20-14-36(15-21-59)33-60-27-31-63(32-28-60)46(65)43(52)38-7-5-4-6-8-38/h9-13,19,35-36,38,41,43H,4-8,14-18,20-34,52H2,1-3H3,(H,56,66)(H,57,67)(H,53,54,55)/t41-,43+/m0/s1. The molecule has 3 aromatic rings. The van der Waals surface area contributed by atoms with E-state index in [2.05, 4.69) is 45.2 Å². The van der Waals surface area contributed by atoms with Crippen molar-refractivity contribution in [1.29, 1.82) is 0 Å². The number of aromatic amines is 1. The van der Waals surface area contributed by atoms with Crippen LogP contribution in [0.2, 0.25) is 5.02 Å². The maximum atomic E-state index is 14.7.